The second-order valence-electron chi connectivity index (χ2n) is 5.77. The Hall–Kier alpha value is -2.54. The molecule has 1 fully saturated rings. The number of likely N-dealkylation sites (tertiary alicyclic amines) is 1. The van der Waals surface area contributed by atoms with E-state index in [2.05, 4.69) is 14.6 Å². The molecule has 1 N–H and O–H groups in total. The van der Waals surface area contributed by atoms with Gasteiger partial charge in [-0.2, -0.15) is 9.47 Å². The molecule has 4 rings (SSSR count). The summed E-state index contributed by atoms with van der Waals surface area (Å²) in [5, 5.41) is 6.67. The molecular formula is C17H15FN4OS. The standard InChI is InChI=1S/C17H15FN4OS/c18-13-5-3-11(4-6-13)15-2-1-7-22(15)17(23)14-8-16(24-21-14)12-9-19-20-10-12/h3-6,8-10,15H,1-2,7H2,(H,19,20). The zero-order valence-corrected chi connectivity index (χ0v) is 13.6. The lowest BCUT2D eigenvalue weighted by molar-refractivity contribution is 0.0731. The van der Waals surface area contributed by atoms with Gasteiger partial charge in [-0.1, -0.05) is 12.1 Å². The molecule has 122 valence electrons. The predicted molar refractivity (Wildman–Crippen MR) is 89.1 cm³/mol. The Morgan fingerprint density at radius 3 is 2.92 bits per heavy atom. The first kappa shape index (κ1) is 15.0. The van der Waals surface area contributed by atoms with Gasteiger partial charge < -0.3 is 4.90 Å². The Morgan fingerprint density at radius 1 is 1.33 bits per heavy atom. The van der Waals surface area contributed by atoms with Crippen LogP contribution in [0.3, 0.4) is 0 Å². The lowest BCUT2D eigenvalue weighted by Crippen LogP contribution is -2.30. The van der Waals surface area contributed by atoms with Crippen LogP contribution in [-0.4, -0.2) is 31.9 Å². The monoisotopic (exact) mass is 342 g/mol. The van der Waals surface area contributed by atoms with E-state index in [1.807, 2.05) is 4.90 Å². The molecule has 2 aromatic heterocycles. The van der Waals surface area contributed by atoms with Gasteiger partial charge in [-0.25, -0.2) is 4.39 Å². The molecule has 5 nitrogen and oxygen atoms in total. The van der Waals surface area contributed by atoms with E-state index in [0.29, 0.717) is 12.2 Å². The van der Waals surface area contributed by atoms with Gasteiger partial charge >= 0.3 is 0 Å². The SMILES string of the molecule is O=C(c1cc(-c2cn[nH]c2)sn1)N1CCCC1c1ccc(F)cc1. The number of carbonyl (C=O) groups excluding carboxylic acids is 1. The second kappa shape index (κ2) is 6.16. The molecule has 0 saturated carbocycles. The molecule has 0 radical (unpaired) electrons. The first-order valence-corrected chi connectivity index (χ1v) is 8.52. The smallest absolute Gasteiger partial charge is 0.274 e. The topological polar surface area (TPSA) is 61.9 Å². The number of hydrogen-bond acceptors (Lipinski definition) is 4. The Bertz CT molecular complexity index is 844. The third-order valence-electron chi connectivity index (χ3n) is 4.28. The summed E-state index contributed by atoms with van der Waals surface area (Å²) in [6, 6.07) is 8.18. The zero-order chi connectivity index (χ0) is 16.5. The van der Waals surface area contributed by atoms with Gasteiger partial charge in [-0.3, -0.25) is 9.89 Å². The first-order chi connectivity index (χ1) is 11.7. The number of halogens is 1. The van der Waals surface area contributed by atoms with Gasteiger partial charge in [-0.05, 0) is 48.1 Å². The number of carbonyl (C=O) groups is 1. The van der Waals surface area contributed by atoms with Crippen molar-refractivity contribution in [2.75, 3.05) is 6.54 Å². The van der Waals surface area contributed by atoms with Crippen LogP contribution in [0.2, 0.25) is 0 Å². The molecule has 0 spiro atoms. The summed E-state index contributed by atoms with van der Waals surface area (Å²) in [6.07, 6.45) is 5.31. The lowest BCUT2D eigenvalue weighted by atomic mass is 10.0. The molecule has 1 unspecified atom stereocenters. The van der Waals surface area contributed by atoms with Gasteiger partial charge in [0.05, 0.1) is 17.1 Å². The van der Waals surface area contributed by atoms with E-state index in [0.717, 1.165) is 28.8 Å². The van der Waals surface area contributed by atoms with Crippen LogP contribution >= 0.6 is 11.5 Å². The highest BCUT2D eigenvalue weighted by Gasteiger charge is 2.31. The van der Waals surface area contributed by atoms with E-state index in [-0.39, 0.29) is 17.8 Å². The van der Waals surface area contributed by atoms with Crippen LogP contribution in [0.1, 0.15) is 34.9 Å². The van der Waals surface area contributed by atoms with Crippen LogP contribution in [-0.2, 0) is 0 Å². The molecule has 1 amide bonds. The quantitative estimate of drug-likeness (QED) is 0.790. The fourth-order valence-corrected chi connectivity index (χ4v) is 3.79. The van der Waals surface area contributed by atoms with Crippen LogP contribution in [0, 0.1) is 5.82 Å². The minimum Gasteiger partial charge on any atom is -0.330 e. The normalized spacial score (nSPS) is 17.4. The van der Waals surface area contributed by atoms with Crippen LogP contribution < -0.4 is 0 Å². The zero-order valence-electron chi connectivity index (χ0n) is 12.8. The van der Waals surface area contributed by atoms with Crippen molar-refractivity contribution in [1.29, 1.82) is 0 Å². The largest absolute Gasteiger partial charge is 0.330 e. The van der Waals surface area contributed by atoms with Crippen molar-refractivity contribution in [3.8, 4) is 10.4 Å². The van der Waals surface area contributed by atoms with Gasteiger partial charge in [0.25, 0.3) is 5.91 Å². The Labute approximate surface area is 142 Å². The fourth-order valence-electron chi connectivity index (χ4n) is 3.09. The number of benzene rings is 1. The van der Waals surface area contributed by atoms with Crippen molar-refractivity contribution < 1.29 is 9.18 Å². The third-order valence-corrected chi connectivity index (χ3v) is 5.12. The molecule has 1 aliphatic rings. The van der Waals surface area contributed by atoms with Crippen LogP contribution in [0.5, 0.6) is 0 Å². The van der Waals surface area contributed by atoms with E-state index in [1.165, 1.54) is 23.7 Å². The number of nitrogens with one attached hydrogen (secondary N) is 1. The van der Waals surface area contributed by atoms with Crippen LogP contribution in [0.15, 0.2) is 42.7 Å². The highest BCUT2D eigenvalue weighted by molar-refractivity contribution is 7.09. The van der Waals surface area contributed by atoms with E-state index < -0.39 is 0 Å². The molecule has 24 heavy (non-hydrogen) atoms. The molecule has 1 saturated heterocycles. The average Bonchev–Trinajstić information content (AvgIpc) is 3.34. The van der Waals surface area contributed by atoms with E-state index >= 15 is 0 Å². The third kappa shape index (κ3) is 2.71. The summed E-state index contributed by atoms with van der Waals surface area (Å²) in [5.74, 6) is -0.341. The summed E-state index contributed by atoms with van der Waals surface area (Å²) in [4.78, 5) is 15.6. The van der Waals surface area contributed by atoms with Crippen molar-refractivity contribution in [2.24, 2.45) is 0 Å². The second-order valence-corrected chi connectivity index (χ2v) is 6.58. The molecule has 3 aromatic rings. The highest BCUT2D eigenvalue weighted by atomic mass is 32.1. The maximum absolute atomic E-state index is 13.1. The number of hydrogen-bond donors (Lipinski definition) is 1. The Morgan fingerprint density at radius 2 is 2.17 bits per heavy atom. The summed E-state index contributed by atoms with van der Waals surface area (Å²) in [7, 11) is 0. The highest BCUT2D eigenvalue weighted by Crippen LogP contribution is 2.34. The van der Waals surface area contributed by atoms with Crippen molar-refractivity contribution in [1.82, 2.24) is 19.5 Å². The first-order valence-electron chi connectivity index (χ1n) is 7.74. The lowest BCUT2D eigenvalue weighted by Gasteiger charge is -2.24. The van der Waals surface area contributed by atoms with Gasteiger partial charge in [-0.15, -0.1) is 0 Å². The number of nitrogens with zero attached hydrogens (tertiary/aromatic N) is 3. The van der Waals surface area contributed by atoms with Crippen molar-refractivity contribution in [3.05, 3.63) is 59.8 Å². The van der Waals surface area contributed by atoms with E-state index in [4.69, 9.17) is 0 Å². The fraction of sp³-hybridized carbons (Fsp3) is 0.235. The van der Waals surface area contributed by atoms with E-state index in [1.54, 1.807) is 30.6 Å². The predicted octanol–water partition coefficient (Wildman–Crippen LogP) is 3.65. The summed E-state index contributed by atoms with van der Waals surface area (Å²) in [6.45, 7) is 0.694. The maximum Gasteiger partial charge on any atom is 0.274 e. The van der Waals surface area contributed by atoms with Gasteiger partial charge in [0.1, 0.15) is 11.5 Å². The molecule has 1 atom stereocenters. The van der Waals surface area contributed by atoms with Crippen LogP contribution in [0.25, 0.3) is 10.4 Å². The minimum atomic E-state index is -0.265. The number of aromatic amines is 1. The van der Waals surface area contributed by atoms with Crippen molar-refractivity contribution >= 4 is 17.4 Å². The Kier molecular flexibility index (Phi) is 3.86. The molecule has 0 aliphatic carbocycles. The van der Waals surface area contributed by atoms with Crippen molar-refractivity contribution in [2.45, 2.75) is 18.9 Å². The summed E-state index contributed by atoms with van der Waals surface area (Å²) < 4.78 is 17.4. The average molecular weight is 342 g/mol. The Balaban J connectivity index is 1.58. The number of H-pyrrole nitrogens is 1. The number of amides is 1. The number of rotatable bonds is 3. The van der Waals surface area contributed by atoms with Gasteiger partial charge in [0.2, 0.25) is 0 Å². The number of aromatic nitrogens is 3. The molecule has 0 bridgehead atoms. The maximum atomic E-state index is 13.1. The van der Waals surface area contributed by atoms with Crippen LogP contribution in [0.4, 0.5) is 4.39 Å². The molecule has 7 heteroatoms. The minimum absolute atomic E-state index is 0.0165. The van der Waals surface area contributed by atoms with Gasteiger partial charge in [0.15, 0.2) is 0 Å². The summed E-state index contributed by atoms with van der Waals surface area (Å²) >= 11 is 1.29. The molecule has 1 aromatic carbocycles. The molecule has 1 aliphatic heterocycles. The molecular weight excluding hydrogens is 327 g/mol. The van der Waals surface area contributed by atoms with E-state index in [9.17, 15) is 9.18 Å². The summed E-state index contributed by atoms with van der Waals surface area (Å²) in [5.41, 5.74) is 2.33. The van der Waals surface area contributed by atoms with Crippen molar-refractivity contribution in [3.63, 3.8) is 0 Å². The van der Waals surface area contributed by atoms with Gasteiger partial charge in [0, 0.05) is 18.3 Å². The molecule has 3 heterocycles.